The zero-order valence-electron chi connectivity index (χ0n) is 15.4. The zero-order chi connectivity index (χ0) is 19.6. The molecule has 1 aliphatic heterocycles. The number of nitrogens with one attached hydrogen (secondary N) is 3. The number of morpholine rings is 1. The van der Waals surface area contributed by atoms with Crippen LogP contribution in [0.3, 0.4) is 0 Å². The minimum Gasteiger partial charge on any atom is -0.374 e. The largest absolute Gasteiger partial charge is 0.374 e. The van der Waals surface area contributed by atoms with Crippen LogP contribution in [-0.2, 0) is 16.1 Å². The summed E-state index contributed by atoms with van der Waals surface area (Å²) in [6.45, 7) is 3.79. The fourth-order valence-electron chi connectivity index (χ4n) is 2.79. The normalized spacial score (nSPS) is 17.4. The molecule has 1 atom stereocenters. The Bertz CT molecular complexity index is 645. The first kappa shape index (κ1) is 21.8. The molecule has 1 heterocycles. The molecule has 7 nitrogen and oxygen atoms in total. The number of urea groups is 1. The Morgan fingerprint density at radius 1 is 1.26 bits per heavy atom. The van der Waals surface area contributed by atoms with E-state index in [-0.39, 0.29) is 18.0 Å². The van der Waals surface area contributed by atoms with Crippen LogP contribution >= 0.6 is 23.2 Å². The summed E-state index contributed by atoms with van der Waals surface area (Å²) in [4.78, 5) is 25.2. The minimum absolute atomic E-state index is 0.0325. The number of ether oxygens (including phenoxy) is 1. The molecule has 1 aliphatic rings. The molecule has 0 radical (unpaired) electrons. The third kappa shape index (κ3) is 7.92. The highest BCUT2D eigenvalue weighted by atomic mass is 35.5. The molecule has 2 rings (SSSR count). The topological polar surface area (TPSA) is 82.7 Å². The van der Waals surface area contributed by atoms with Gasteiger partial charge in [0, 0.05) is 46.2 Å². The molecule has 3 N–H and O–H groups in total. The van der Waals surface area contributed by atoms with E-state index in [0.717, 1.165) is 25.2 Å². The fraction of sp³-hybridized carbons (Fsp3) is 0.556. The first-order valence-electron chi connectivity index (χ1n) is 8.98. The molecule has 0 saturated carbocycles. The van der Waals surface area contributed by atoms with E-state index in [4.69, 9.17) is 27.9 Å². The molecule has 0 aromatic heterocycles. The Kier molecular flexibility index (Phi) is 9.14. The summed E-state index contributed by atoms with van der Waals surface area (Å²) in [6.07, 6.45) is 0.926. The summed E-state index contributed by atoms with van der Waals surface area (Å²) >= 11 is 12.0. The smallest absolute Gasteiger partial charge is 0.314 e. The van der Waals surface area contributed by atoms with E-state index in [2.05, 4.69) is 20.9 Å². The second kappa shape index (κ2) is 11.3. The van der Waals surface area contributed by atoms with E-state index in [1.54, 1.807) is 13.1 Å². The molecule has 3 amide bonds. The lowest BCUT2D eigenvalue weighted by atomic mass is 10.2. The molecule has 1 fully saturated rings. The van der Waals surface area contributed by atoms with Crippen LogP contribution in [0.2, 0.25) is 10.0 Å². The summed E-state index contributed by atoms with van der Waals surface area (Å²) in [7, 11) is 1.59. The predicted molar refractivity (Wildman–Crippen MR) is 106 cm³/mol. The summed E-state index contributed by atoms with van der Waals surface area (Å²) in [6, 6.07) is 5.38. The summed E-state index contributed by atoms with van der Waals surface area (Å²) < 4.78 is 5.73. The number of benzene rings is 1. The molecule has 1 aromatic rings. The van der Waals surface area contributed by atoms with Gasteiger partial charge in [-0.05, 0) is 24.1 Å². The molecule has 9 heteroatoms. The van der Waals surface area contributed by atoms with Gasteiger partial charge < -0.3 is 20.7 Å². The number of carbonyl (C=O) groups excluding carboxylic acids is 2. The van der Waals surface area contributed by atoms with Gasteiger partial charge >= 0.3 is 6.03 Å². The number of carbonyl (C=O) groups is 2. The van der Waals surface area contributed by atoms with Crippen molar-refractivity contribution in [2.45, 2.75) is 25.5 Å². The molecule has 0 bridgehead atoms. The van der Waals surface area contributed by atoms with Gasteiger partial charge in [0.15, 0.2) is 0 Å². The summed E-state index contributed by atoms with van der Waals surface area (Å²) in [5, 5.41) is 9.20. The van der Waals surface area contributed by atoms with Crippen molar-refractivity contribution >= 4 is 35.1 Å². The lowest BCUT2D eigenvalue weighted by Gasteiger charge is -2.33. The molecular formula is C18H26Cl2N4O3. The number of hydrogen-bond acceptors (Lipinski definition) is 4. The van der Waals surface area contributed by atoms with E-state index < -0.39 is 0 Å². The molecule has 0 aliphatic carbocycles. The van der Waals surface area contributed by atoms with Crippen molar-refractivity contribution in [2.24, 2.45) is 0 Å². The number of halogens is 2. The SMILES string of the molecule is CNC(=O)CCCNC(=O)NC[C@H]1CN(Cc2ccc(Cl)c(Cl)c2)CCO1. The second-order valence-corrected chi connectivity index (χ2v) is 7.20. The maximum absolute atomic E-state index is 11.8. The van der Waals surface area contributed by atoms with Gasteiger partial charge in [-0.1, -0.05) is 29.3 Å². The molecular weight excluding hydrogens is 391 g/mol. The average Bonchev–Trinajstić information content (AvgIpc) is 2.66. The van der Waals surface area contributed by atoms with Crippen molar-refractivity contribution in [3.8, 4) is 0 Å². The van der Waals surface area contributed by atoms with Crippen LogP contribution < -0.4 is 16.0 Å². The summed E-state index contributed by atoms with van der Waals surface area (Å²) in [5.74, 6) is -0.0325. The van der Waals surface area contributed by atoms with Crippen LogP contribution in [0.1, 0.15) is 18.4 Å². The van der Waals surface area contributed by atoms with Crippen LogP contribution in [-0.4, -0.2) is 62.8 Å². The molecule has 1 aromatic carbocycles. The molecule has 1 saturated heterocycles. The Morgan fingerprint density at radius 2 is 2.07 bits per heavy atom. The lowest BCUT2D eigenvalue weighted by molar-refractivity contribution is -0.120. The third-order valence-electron chi connectivity index (χ3n) is 4.25. The minimum atomic E-state index is -0.253. The number of rotatable bonds is 8. The zero-order valence-corrected chi connectivity index (χ0v) is 16.9. The van der Waals surface area contributed by atoms with E-state index >= 15 is 0 Å². The Balaban J connectivity index is 1.67. The molecule has 27 heavy (non-hydrogen) atoms. The van der Waals surface area contributed by atoms with Crippen molar-refractivity contribution < 1.29 is 14.3 Å². The molecule has 0 spiro atoms. The van der Waals surface area contributed by atoms with Crippen molar-refractivity contribution in [1.29, 1.82) is 0 Å². The Morgan fingerprint density at radius 3 is 2.81 bits per heavy atom. The van der Waals surface area contributed by atoms with Gasteiger partial charge in [0.1, 0.15) is 0 Å². The van der Waals surface area contributed by atoms with E-state index in [1.165, 1.54) is 0 Å². The first-order valence-corrected chi connectivity index (χ1v) is 9.73. The van der Waals surface area contributed by atoms with Crippen LogP contribution in [0.4, 0.5) is 4.79 Å². The van der Waals surface area contributed by atoms with Crippen molar-refractivity contribution in [2.75, 3.05) is 39.8 Å². The van der Waals surface area contributed by atoms with Gasteiger partial charge in [-0.15, -0.1) is 0 Å². The number of hydrogen-bond donors (Lipinski definition) is 3. The van der Waals surface area contributed by atoms with Gasteiger partial charge in [-0.25, -0.2) is 4.79 Å². The number of amides is 3. The van der Waals surface area contributed by atoms with Crippen LogP contribution in [0.25, 0.3) is 0 Å². The highest BCUT2D eigenvalue weighted by Crippen LogP contribution is 2.23. The van der Waals surface area contributed by atoms with Gasteiger partial charge in [-0.2, -0.15) is 0 Å². The Labute approximate surface area is 169 Å². The highest BCUT2D eigenvalue weighted by Gasteiger charge is 2.21. The first-order chi connectivity index (χ1) is 13.0. The van der Waals surface area contributed by atoms with Crippen LogP contribution in [0.5, 0.6) is 0 Å². The predicted octanol–water partition coefficient (Wildman–Crippen LogP) is 2.02. The van der Waals surface area contributed by atoms with Crippen LogP contribution in [0.15, 0.2) is 18.2 Å². The van der Waals surface area contributed by atoms with E-state index in [9.17, 15) is 9.59 Å². The molecule has 0 unspecified atom stereocenters. The highest BCUT2D eigenvalue weighted by molar-refractivity contribution is 6.42. The maximum atomic E-state index is 11.8. The quantitative estimate of drug-likeness (QED) is 0.566. The van der Waals surface area contributed by atoms with Gasteiger partial charge in [0.05, 0.1) is 22.8 Å². The number of nitrogens with zero attached hydrogens (tertiary/aromatic N) is 1. The standard InChI is InChI=1S/C18H26Cl2N4O3/c1-21-17(25)3-2-6-22-18(26)23-10-14-12-24(7-8-27-14)11-13-4-5-15(19)16(20)9-13/h4-5,9,14H,2-3,6-8,10-12H2,1H3,(H,21,25)(H2,22,23,26)/t14-/m0/s1. The van der Waals surface area contributed by atoms with Gasteiger partial charge in [0.25, 0.3) is 0 Å². The van der Waals surface area contributed by atoms with Gasteiger partial charge in [0.2, 0.25) is 5.91 Å². The maximum Gasteiger partial charge on any atom is 0.314 e. The average molecular weight is 417 g/mol. The van der Waals surface area contributed by atoms with Crippen LogP contribution in [0, 0.1) is 0 Å². The van der Waals surface area contributed by atoms with Gasteiger partial charge in [-0.3, -0.25) is 9.69 Å². The fourth-order valence-corrected chi connectivity index (χ4v) is 3.11. The monoisotopic (exact) mass is 416 g/mol. The third-order valence-corrected chi connectivity index (χ3v) is 4.99. The van der Waals surface area contributed by atoms with Crippen molar-refractivity contribution in [3.63, 3.8) is 0 Å². The van der Waals surface area contributed by atoms with E-state index in [0.29, 0.717) is 42.6 Å². The lowest BCUT2D eigenvalue weighted by Crippen LogP contribution is -2.48. The Hall–Kier alpha value is -1.54. The molecule has 150 valence electrons. The van der Waals surface area contributed by atoms with Crippen molar-refractivity contribution in [3.05, 3.63) is 33.8 Å². The van der Waals surface area contributed by atoms with E-state index in [1.807, 2.05) is 12.1 Å². The van der Waals surface area contributed by atoms with Crippen molar-refractivity contribution in [1.82, 2.24) is 20.9 Å². The summed E-state index contributed by atoms with van der Waals surface area (Å²) in [5.41, 5.74) is 1.09. The second-order valence-electron chi connectivity index (χ2n) is 6.39.